The highest BCUT2D eigenvalue weighted by atomic mass is 19.1. The molecule has 0 fully saturated rings. The van der Waals surface area contributed by atoms with E-state index in [9.17, 15) is 4.39 Å². The second-order valence-corrected chi connectivity index (χ2v) is 3.18. The molecule has 0 saturated carbocycles. The molecule has 0 atom stereocenters. The summed E-state index contributed by atoms with van der Waals surface area (Å²) in [7, 11) is 0. The van der Waals surface area contributed by atoms with E-state index in [1.807, 2.05) is 0 Å². The maximum Gasteiger partial charge on any atom is 0.181 e. The topological polar surface area (TPSA) is 46.3 Å². The van der Waals surface area contributed by atoms with Gasteiger partial charge in [0.1, 0.15) is 5.83 Å². The minimum atomic E-state index is -0.438. The van der Waals surface area contributed by atoms with Gasteiger partial charge >= 0.3 is 0 Å². The van der Waals surface area contributed by atoms with E-state index in [1.54, 1.807) is 30.5 Å². The molecule has 0 aliphatic heterocycles. The molecule has 0 spiro atoms. The second kappa shape index (κ2) is 4.72. The number of oxazole rings is 1. The van der Waals surface area contributed by atoms with Crippen molar-refractivity contribution in [1.29, 1.82) is 0 Å². The van der Waals surface area contributed by atoms with E-state index >= 15 is 0 Å². The predicted molar refractivity (Wildman–Crippen MR) is 58.1 cm³/mol. The third kappa shape index (κ3) is 2.17. The zero-order valence-corrected chi connectivity index (χ0v) is 8.43. The van der Waals surface area contributed by atoms with Crippen LogP contribution in [0.5, 0.6) is 0 Å². The van der Waals surface area contributed by atoms with Crippen LogP contribution in [0.4, 0.5) is 4.39 Å². The Bertz CT molecular complexity index is 474. The lowest BCUT2D eigenvalue weighted by Crippen LogP contribution is -1.82. The van der Waals surface area contributed by atoms with Gasteiger partial charge in [-0.15, -0.1) is 0 Å². The quantitative estimate of drug-likeness (QED) is 0.863. The fraction of sp³-hybridized carbons (Fsp3) is 0.0833. The van der Waals surface area contributed by atoms with Crippen LogP contribution in [0.3, 0.4) is 0 Å². The number of hydrogen-bond donors (Lipinski definition) is 1. The van der Waals surface area contributed by atoms with Crippen molar-refractivity contribution < 1.29 is 13.9 Å². The zero-order chi connectivity index (χ0) is 11.4. The standard InChI is InChI=1S/C12H10FNO2/c13-11(5-6-15)9-1-3-10(4-2-9)12-7-14-8-16-12/h1-5,7-8,15H,6H2/b11-5+. The summed E-state index contributed by atoms with van der Waals surface area (Å²) >= 11 is 0. The van der Waals surface area contributed by atoms with Crippen molar-refractivity contribution in [3.63, 3.8) is 0 Å². The van der Waals surface area contributed by atoms with E-state index in [1.165, 1.54) is 6.39 Å². The molecule has 0 aliphatic carbocycles. The summed E-state index contributed by atoms with van der Waals surface area (Å²) in [5, 5.41) is 8.56. The molecule has 0 bridgehead atoms. The molecule has 0 aliphatic rings. The molecular formula is C12H10FNO2. The number of hydrogen-bond acceptors (Lipinski definition) is 3. The van der Waals surface area contributed by atoms with E-state index in [-0.39, 0.29) is 6.61 Å². The molecule has 1 aromatic carbocycles. The Morgan fingerprint density at radius 1 is 1.38 bits per heavy atom. The van der Waals surface area contributed by atoms with Gasteiger partial charge in [0, 0.05) is 11.1 Å². The van der Waals surface area contributed by atoms with Gasteiger partial charge in [0.25, 0.3) is 0 Å². The van der Waals surface area contributed by atoms with Crippen LogP contribution in [0.2, 0.25) is 0 Å². The Morgan fingerprint density at radius 2 is 2.12 bits per heavy atom. The van der Waals surface area contributed by atoms with Crippen LogP contribution in [0.25, 0.3) is 17.2 Å². The van der Waals surface area contributed by atoms with E-state index in [0.717, 1.165) is 11.6 Å². The summed E-state index contributed by atoms with van der Waals surface area (Å²) in [5.41, 5.74) is 1.26. The lowest BCUT2D eigenvalue weighted by atomic mass is 10.1. The fourth-order valence-electron chi connectivity index (χ4n) is 1.35. The van der Waals surface area contributed by atoms with Gasteiger partial charge in [-0.05, 0) is 6.08 Å². The molecule has 82 valence electrons. The van der Waals surface area contributed by atoms with Crippen LogP contribution in [0, 0.1) is 0 Å². The average Bonchev–Trinajstić information content (AvgIpc) is 2.83. The maximum absolute atomic E-state index is 13.3. The number of aromatic nitrogens is 1. The minimum absolute atomic E-state index is 0.310. The highest BCUT2D eigenvalue weighted by Crippen LogP contribution is 2.22. The van der Waals surface area contributed by atoms with E-state index in [2.05, 4.69) is 4.98 Å². The molecule has 1 aromatic heterocycles. The van der Waals surface area contributed by atoms with Gasteiger partial charge in [-0.25, -0.2) is 9.37 Å². The average molecular weight is 219 g/mol. The molecule has 1 N–H and O–H groups in total. The number of rotatable bonds is 3. The van der Waals surface area contributed by atoms with Crippen molar-refractivity contribution in [1.82, 2.24) is 4.98 Å². The zero-order valence-electron chi connectivity index (χ0n) is 8.43. The molecule has 0 unspecified atom stereocenters. The third-order valence-corrected chi connectivity index (χ3v) is 2.15. The van der Waals surface area contributed by atoms with Crippen LogP contribution >= 0.6 is 0 Å². The number of nitrogens with zero attached hydrogens (tertiary/aromatic N) is 1. The normalized spacial score (nSPS) is 11.8. The van der Waals surface area contributed by atoms with Gasteiger partial charge in [0.05, 0.1) is 12.8 Å². The Hall–Kier alpha value is -1.94. The van der Waals surface area contributed by atoms with Gasteiger partial charge in [0.15, 0.2) is 12.2 Å². The number of aliphatic hydroxyl groups excluding tert-OH is 1. The Morgan fingerprint density at radius 3 is 2.69 bits per heavy atom. The highest BCUT2D eigenvalue weighted by molar-refractivity contribution is 5.64. The molecule has 2 rings (SSSR count). The van der Waals surface area contributed by atoms with Gasteiger partial charge in [-0.1, -0.05) is 24.3 Å². The summed E-state index contributed by atoms with van der Waals surface area (Å²) in [6, 6.07) is 6.72. The molecule has 16 heavy (non-hydrogen) atoms. The van der Waals surface area contributed by atoms with Crippen molar-refractivity contribution in [2.75, 3.05) is 6.61 Å². The summed E-state index contributed by atoms with van der Waals surface area (Å²) in [6.45, 7) is -0.310. The van der Waals surface area contributed by atoms with Gasteiger partial charge in [0.2, 0.25) is 0 Å². The second-order valence-electron chi connectivity index (χ2n) is 3.18. The van der Waals surface area contributed by atoms with Gasteiger partial charge in [-0.2, -0.15) is 0 Å². The number of benzene rings is 1. The molecule has 0 radical (unpaired) electrons. The molecule has 2 aromatic rings. The van der Waals surface area contributed by atoms with Crippen molar-refractivity contribution in [3.05, 3.63) is 48.5 Å². The van der Waals surface area contributed by atoms with Crippen LogP contribution in [0.15, 0.2) is 47.3 Å². The van der Waals surface area contributed by atoms with Crippen LogP contribution < -0.4 is 0 Å². The van der Waals surface area contributed by atoms with Crippen LogP contribution in [0.1, 0.15) is 5.56 Å². The highest BCUT2D eigenvalue weighted by Gasteiger charge is 2.03. The molecule has 4 heteroatoms. The first-order chi connectivity index (χ1) is 7.81. The first-order valence-corrected chi connectivity index (χ1v) is 4.77. The first-order valence-electron chi connectivity index (χ1n) is 4.77. The lowest BCUT2D eigenvalue weighted by Gasteiger charge is -1.99. The maximum atomic E-state index is 13.3. The monoisotopic (exact) mass is 219 g/mol. The molecule has 0 amide bonds. The Kier molecular flexibility index (Phi) is 3.12. The summed E-state index contributed by atoms with van der Waals surface area (Å²) in [5.74, 6) is 0.199. The third-order valence-electron chi connectivity index (χ3n) is 2.15. The van der Waals surface area contributed by atoms with Crippen molar-refractivity contribution in [3.8, 4) is 11.3 Å². The van der Waals surface area contributed by atoms with Crippen molar-refractivity contribution >= 4 is 5.83 Å². The van der Waals surface area contributed by atoms with Crippen LogP contribution in [-0.2, 0) is 0 Å². The predicted octanol–water partition coefficient (Wildman–Crippen LogP) is 2.64. The lowest BCUT2D eigenvalue weighted by molar-refractivity contribution is 0.342. The molecule has 0 saturated heterocycles. The van der Waals surface area contributed by atoms with Crippen molar-refractivity contribution in [2.45, 2.75) is 0 Å². The van der Waals surface area contributed by atoms with Crippen molar-refractivity contribution in [2.24, 2.45) is 0 Å². The summed E-state index contributed by atoms with van der Waals surface area (Å²) < 4.78 is 18.4. The Labute approximate surface area is 91.9 Å². The van der Waals surface area contributed by atoms with E-state index in [4.69, 9.17) is 9.52 Å². The fourth-order valence-corrected chi connectivity index (χ4v) is 1.35. The minimum Gasteiger partial charge on any atom is -0.444 e. The van der Waals surface area contributed by atoms with Crippen LogP contribution in [-0.4, -0.2) is 16.7 Å². The van der Waals surface area contributed by atoms with E-state index < -0.39 is 5.83 Å². The molecular weight excluding hydrogens is 209 g/mol. The smallest absolute Gasteiger partial charge is 0.181 e. The number of aliphatic hydroxyl groups is 1. The van der Waals surface area contributed by atoms with Gasteiger partial charge in [-0.3, -0.25) is 0 Å². The SMILES string of the molecule is OC/C=C(/F)c1ccc(-c2cnco2)cc1. The Balaban J connectivity index is 2.26. The largest absolute Gasteiger partial charge is 0.444 e. The summed E-state index contributed by atoms with van der Waals surface area (Å²) in [6.07, 6.45) is 4.05. The number of halogens is 1. The molecule has 1 heterocycles. The summed E-state index contributed by atoms with van der Waals surface area (Å²) in [4.78, 5) is 3.80. The van der Waals surface area contributed by atoms with E-state index in [0.29, 0.717) is 11.3 Å². The first kappa shape index (κ1) is 10.6. The van der Waals surface area contributed by atoms with Gasteiger partial charge < -0.3 is 9.52 Å². The molecule has 3 nitrogen and oxygen atoms in total.